The van der Waals surface area contributed by atoms with E-state index in [0.717, 1.165) is 0 Å². The summed E-state index contributed by atoms with van der Waals surface area (Å²) in [5.41, 5.74) is 1.17. The number of rotatable bonds is 1. The van der Waals surface area contributed by atoms with Crippen molar-refractivity contribution in [3.8, 4) is 17.3 Å². The third-order valence-corrected chi connectivity index (χ3v) is 2.21. The molecule has 0 aliphatic rings. The van der Waals surface area contributed by atoms with Crippen LogP contribution in [0.1, 0.15) is 24.9 Å². The summed E-state index contributed by atoms with van der Waals surface area (Å²) in [5.74, 6) is 0. The molecule has 2 heteroatoms. The number of benzene rings is 1. The summed E-state index contributed by atoms with van der Waals surface area (Å²) in [7, 11) is 0. The maximum atomic E-state index is 9.10. The van der Waals surface area contributed by atoms with Crippen LogP contribution in [0.2, 0.25) is 0 Å². The summed E-state index contributed by atoms with van der Waals surface area (Å²) >= 11 is 0. The molecule has 0 bridgehead atoms. The van der Waals surface area contributed by atoms with Gasteiger partial charge in [-0.15, -0.1) is 0 Å². The van der Waals surface area contributed by atoms with Gasteiger partial charge >= 0.3 is 0 Å². The van der Waals surface area contributed by atoms with Gasteiger partial charge in [0.15, 0.2) is 0 Å². The maximum absolute atomic E-state index is 9.10. The Labute approximate surface area is 104 Å². The van der Waals surface area contributed by atoms with Gasteiger partial charge in [-0.3, -0.25) is 4.98 Å². The molecule has 0 atom stereocenters. The van der Waals surface area contributed by atoms with Crippen LogP contribution in [0.3, 0.4) is 0 Å². The van der Waals surface area contributed by atoms with Gasteiger partial charge in [0.2, 0.25) is 0 Å². The number of pyridine rings is 1. The molecule has 2 nitrogen and oxygen atoms in total. The Hall–Kier alpha value is -2.14. The standard InChI is InChI=1S/C14H12N2/c1-10-3-5-12(6-4-10)14-7-13(8-15)11(2)9-16-14/h3-7,9H,1-2H3/i1D3,2D3. The average molecular weight is 214 g/mol. The molecule has 2 rings (SSSR count). The molecule has 1 aromatic heterocycles. The first-order chi connectivity index (χ1) is 10.1. The van der Waals surface area contributed by atoms with Crippen LogP contribution < -0.4 is 0 Å². The van der Waals surface area contributed by atoms with Gasteiger partial charge in [0.05, 0.1) is 17.3 Å². The molecule has 0 amide bonds. The number of nitriles is 1. The molecule has 0 aliphatic carbocycles. The van der Waals surface area contributed by atoms with Crippen LogP contribution in [-0.4, -0.2) is 4.98 Å². The van der Waals surface area contributed by atoms with Crippen LogP contribution in [0.4, 0.5) is 0 Å². The van der Waals surface area contributed by atoms with E-state index >= 15 is 0 Å². The van der Waals surface area contributed by atoms with Crippen molar-refractivity contribution >= 4 is 0 Å². The molecule has 0 saturated carbocycles. The Balaban J connectivity index is 2.45. The molecule has 0 radical (unpaired) electrons. The van der Waals surface area contributed by atoms with Crippen molar-refractivity contribution in [2.45, 2.75) is 13.7 Å². The van der Waals surface area contributed by atoms with Gasteiger partial charge in [-0.05, 0) is 25.3 Å². The van der Waals surface area contributed by atoms with E-state index in [-0.39, 0.29) is 16.7 Å². The van der Waals surface area contributed by atoms with E-state index < -0.39 is 13.7 Å². The Morgan fingerprint density at radius 2 is 2.06 bits per heavy atom. The first kappa shape index (κ1) is 5.27. The second-order valence-electron chi connectivity index (χ2n) is 3.30. The lowest BCUT2D eigenvalue weighted by atomic mass is 10.1. The minimum absolute atomic E-state index is 0.0323. The van der Waals surface area contributed by atoms with Crippen LogP contribution in [0, 0.1) is 25.0 Å². The van der Waals surface area contributed by atoms with E-state index in [2.05, 4.69) is 4.98 Å². The first-order valence-corrected chi connectivity index (χ1v) is 4.64. The fourth-order valence-electron chi connectivity index (χ4n) is 1.35. The number of hydrogen-bond donors (Lipinski definition) is 0. The van der Waals surface area contributed by atoms with E-state index in [1.807, 2.05) is 6.07 Å². The van der Waals surface area contributed by atoms with Crippen molar-refractivity contribution in [1.82, 2.24) is 4.98 Å². The molecular weight excluding hydrogens is 196 g/mol. The molecular formula is C14H12N2. The van der Waals surface area contributed by atoms with Crippen molar-refractivity contribution in [2.75, 3.05) is 0 Å². The molecule has 78 valence electrons. The molecule has 0 fully saturated rings. The van der Waals surface area contributed by atoms with Gasteiger partial charge < -0.3 is 0 Å². The highest BCUT2D eigenvalue weighted by atomic mass is 14.7. The molecule has 16 heavy (non-hydrogen) atoms. The zero-order valence-electron chi connectivity index (χ0n) is 14.4. The minimum atomic E-state index is -2.40. The van der Waals surface area contributed by atoms with E-state index in [9.17, 15) is 0 Å². The SMILES string of the molecule is [2H]C([2H])([2H])c1ccc(-c2cc(C#N)c(C([2H])([2H])[2H])cn2)cc1. The van der Waals surface area contributed by atoms with E-state index in [0.29, 0.717) is 11.3 Å². The highest BCUT2D eigenvalue weighted by Crippen LogP contribution is 2.19. The summed E-state index contributed by atoms with van der Waals surface area (Å²) in [6.07, 6.45) is 1.17. The summed E-state index contributed by atoms with van der Waals surface area (Å²) in [4.78, 5) is 4.06. The second kappa shape index (κ2) is 4.16. The number of hydrogen-bond acceptors (Lipinski definition) is 2. The fourth-order valence-corrected chi connectivity index (χ4v) is 1.35. The third-order valence-electron chi connectivity index (χ3n) is 2.21. The topological polar surface area (TPSA) is 36.7 Å². The van der Waals surface area contributed by atoms with Crippen LogP contribution >= 0.6 is 0 Å². The predicted octanol–water partition coefficient (Wildman–Crippen LogP) is 3.24. The largest absolute Gasteiger partial charge is 0.256 e. The Morgan fingerprint density at radius 3 is 2.69 bits per heavy atom. The molecule has 2 aromatic rings. The molecule has 1 aromatic carbocycles. The van der Waals surface area contributed by atoms with Crippen molar-refractivity contribution in [2.24, 2.45) is 0 Å². The molecule has 0 unspecified atom stereocenters. The molecule has 0 saturated heterocycles. The molecule has 1 heterocycles. The average Bonchev–Trinajstić information content (AvgIpc) is 2.45. The molecule has 0 spiro atoms. The number of aromatic nitrogens is 1. The summed E-state index contributed by atoms with van der Waals surface area (Å²) in [6, 6.07) is 9.35. The van der Waals surface area contributed by atoms with Crippen molar-refractivity contribution < 1.29 is 8.22 Å². The quantitative estimate of drug-likeness (QED) is 0.730. The highest BCUT2D eigenvalue weighted by molar-refractivity contribution is 5.61. The number of aryl methyl sites for hydroxylation is 2. The van der Waals surface area contributed by atoms with Crippen LogP contribution in [0.25, 0.3) is 11.3 Å². The van der Waals surface area contributed by atoms with E-state index in [1.165, 1.54) is 24.4 Å². The maximum Gasteiger partial charge on any atom is 0.0995 e. The first-order valence-electron chi connectivity index (χ1n) is 7.64. The monoisotopic (exact) mass is 214 g/mol. The lowest BCUT2D eigenvalue weighted by Crippen LogP contribution is -1.89. The fraction of sp³-hybridized carbons (Fsp3) is 0.143. The lowest BCUT2D eigenvalue weighted by molar-refractivity contribution is 1.25. The van der Waals surface area contributed by atoms with Gasteiger partial charge in [-0.25, -0.2) is 0 Å². The minimum Gasteiger partial charge on any atom is -0.256 e. The van der Waals surface area contributed by atoms with Crippen molar-refractivity contribution in [3.63, 3.8) is 0 Å². The summed E-state index contributed by atoms with van der Waals surface area (Å²) < 4.78 is 44.1. The van der Waals surface area contributed by atoms with Crippen molar-refractivity contribution in [1.29, 1.82) is 5.26 Å². The number of nitrogens with zero attached hydrogens (tertiary/aromatic N) is 2. The zero-order valence-corrected chi connectivity index (χ0v) is 8.36. The van der Waals surface area contributed by atoms with Gasteiger partial charge in [0.1, 0.15) is 0 Å². The van der Waals surface area contributed by atoms with Crippen LogP contribution in [0.15, 0.2) is 36.5 Å². The smallest absolute Gasteiger partial charge is 0.0995 e. The van der Waals surface area contributed by atoms with Crippen LogP contribution in [0.5, 0.6) is 0 Å². The second-order valence-corrected chi connectivity index (χ2v) is 3.30. The Kier molecular flexibility index (Phi) is 1.37. The van der Waals surface area contributed by atoms with Gasteiger partial charge in [-0.2, -0.15) is 5.26 Å². The Morgan fingerprint density at radius 1 is 1.25 bits per heavy atom. The highest BCUT2D eigenvalue weighted by Gasteiger charge is 2.03. The summed E-state index contributed by atoms with van der Waals surface area (Å²) in [5, 5.41) is 9.10. The van der Waals surface area contributed by atoms with Gasteiger partial charge in [0, 0.05) is 20.0 Å². The van der Waals surface area contributed by atoms with Gasteiger partial charge in [-0.1, -0.05) is 29.8 Å². The Bertz CT molecular complexity index is 723. The zero-order chi connectivity index (χ0) is 16.5. The van der Waals surface area contributed by atoms with E-state index in [1.54, 1.807) is 12.1 Å². The molecule has 0 aliphatic heterocycles. The molecule has 0 N–H and O–H groups in total. The third kappa shape index (κ3) is 1.94. The van der Waals surface area contributed by atoms with Crippen LogP contribution in [-0.2, 0) is 0 Å². The van der Waals surface area contributed by atoms with Gasteiger partial charge in [0.25, 0.3) is 0 Å². The normalized spacial score (nSPS) is 16.9. The predicted molar refractivity (Wildman–Crippen MR) is 63.9 cm³/mol. The lowest BCUT2D eigenvalue weighted by Gasteiger charge is -2.03. The summed E-state index contributed by atoms with van der Waals surface area (Å²) in [6.45, 7) is -4.59. The van der Waals surface area contributed by atoms with E-state index in [4.69, 9.17) is 13.5 Å². The van der Waals surface area contributed by atoms with Crippen molar-refractivity contribution in [3.05, 3.63) is 53.2 Å².